The van der Waals surface area contributed by atoms with Gasteiger partial charge in [-0.2, -0.15) is 0 Å². The topological polar surface area (TPSA) is 35.2 Å². The average molecular weight is 195 g/mol. The lowest BCUT2D eigenvalue weighted by Crippen LogP contribution is -2.03. The van der Waals surface area contributed by atoms with Crippen molar-refractivity contribution in [2.24, 2.45) is 5.73 Å². The molecule has 0 aliphatic carbocycles. The van der Waals surface area contributed by atoms with Crippen LogP contribution in [0.5, 0.6) is 5.75 Å². The summed E-state index contributed by atoms with van der Waals surface area (Å²) in [5, 5.41) is 0. The van der Waals surface area contributed by atoms with E-state index in [1.54, 1.807) is 18.2 Å². The lowest BCUT2D eigenvalue weighted by atomic mass is 10.2. The van der Waals surface area contributed by atoms with E-state index in [0.717, 1.165) is 0 Å². The summed E-state index contributed by atoms with van der Waals surface area (Å²) in [6, 6.07) is 4.98. The second kappa shape index (κ2) is 5.40. The molecule has 0 saturated heterocycles. The summed E-state index contributed by atoms with van der Waals surface area (Å²) >= 11 is 0. The van der Waals surface area contributed by atoms with Crippen molar-refractivity contribution >= 4 is 0 Å². The fourth-order valence-electron chi connectivity index (χ4n) is 1.06. The third-order valence-corrected chi connectivity index (χ3v) is 1.83. The molecule has 0 amide bonds. The summed E-state index contributed by atoms with van der Waals surface area (Å²) in [5.74, 6) is -0.106. The van der Waals surface area contributed by atoms with E-state index < -0.39 is 0 Å². The molecular formula is C11H14FNO. The number of ether oxygens (including phenoxy) is 1. The number of allylic oxidation sites excluding steroid dienone is 1. The highest BCUT2D eigenvalue weighted by molar-refractivity contribution is 5.31. The van der Waals surface area contributed by atoms with Gasteiger partial charge in [-0.1, -0.05) is 24.3 Å². The van der Waals surface area contributed by atoms with Crippen LogP contribution < -0.4 is 10.5 Å². The molecule has 1 aromatic carbocycles. The molecule has 0 saturated carbocycles. The Balaban J connectivity index is 2.76. The van der Waals surface area contributed by atoms with Crippen molar-refractivity contribution in [3.05, 3.63) is 41.7 Å². The highest BCUT2D eigenvalue weighted by Gasteiger charge is 2.06. The van der Waals surface area contributed by atoms with E-state index in [9.17, 15) is 4.39 Å². The molecule has 76 valence electrons. The van der Waals surface area contributed by atoms with E-state index in [2.05, 4.69) is 0 Å². The Kier molecular flexibility index (Phi) is 4.13. The van der Waals surface area contributed by atoms with E-state index in [1.165, 1.54) is 0 Å². The van der Waals surface area contributed by atoms with Gasteiger partial charge in [0.05, 0.1) is 0 Å². The van der Waals surface area contributed by atoms with Gasteiger partial charge in [0.25, 0.3) is 0 Å². The molecule has 0 aromatic heterocycles. The molecule has 0 atom stereocenters. The predicted molar refractivity (Wildman–Crippen MR) is 54.6 cm³/mol. The minimum absolute atomic E-state index is 0.187. The molecule has 14 heavy (non-hydrogen) atoms. The maximum Gasteiger partial charge on any atom is 0.169 e. The Bertz CT molecular complexity index is 323. The standard InChI is InChI=1S/C11H14FNO/c1-2-3-7-14-10-6-4-5-9(8-13)11(10)12/h2-6H,7-8,13H2,1H3. The van der Waals surface area contributed by atoms with Crippen molar-refractivity contribution in [3.63, 3.8) is 0 Å². The second-order valence-corrected chi connectivity index (χ2v) is 2.81. The van der Waals surface area contributed by atoms with Crippen LogP contribution in [0.4, 0.5) is 4.39 Å². The van der Waals surface area contributed by atoms with E-state index >= 15 is 0 Å². The zero-order valence-electron chi connectivity index (χ0n) is 8.16. The lowest BCUT2D eigenvalue weighted by molar-refractivity contribution is 0.340. The SMILES string of the molecule is CC=CCOc1cccc(CN)c1F. The zero-order chi connectivity index (χ0) is 10.4. The fraction of sp³-hybridized carbons (Fsp3) is 0.273. The van der Waals surface area contributed by atoms with Crippen molar-refractivity contribution in [2.45, 2.75) is 13.5 Å². The Morgan fingerprint density at radius 1 is 1.50 bits per heavy atom. The number of benzene rings is 1. The number of nitrogens with two attached hydrogens (primary N) is 1. The molecule has 0 aliphatic heterocycles. The first kappa shape index (κ1) is 10.7. The highest BCUT2D eigenvalue weighted by Crippen LogP contribution is 2.19. The molecule has 2 N–H and O–H groups in total. The Morgan fingerprint density at radius 2 is 2.29 bits per heavy atom. The van der Waals surface area contributed by atoms with Gasteiger partial charge in [0.15, 0.2) is 11.6 Å². The lowest BCUT2D eigenvalue weighted by Gasteiger charge is -2.07. The summed E-state index contributed by atoms with van der Waals surface area (Å²) in [6.07, 6.45) is 3.67. The van der Waals surface area contributed by atoms with E-state index in [1.807, 2.05) is 19.1 Å². The van der Waals surface area contributed by atoms with Crippen LogP contribution in [0.25, 0.3) is 0 Å². The molecule has 0 spiro atoms. The molecule has 3 heteroatoms. The van der Waals surface area contributed by atoms with Crippen molar-refractivity contribution in [1.82, 2.24) is 0 Å². The summed E-state index contributed by atoms with van der Waals surface area (Å²) in [5.41, 5.74) is 5.84. The Hall–Kier alpha value is -1.35. The minimum Gasteiger partial charge on any atom is -0.486 e. The third kappa shape index (κ3) is 2.57. The van der Waals surface area contributed by atoms with Crippen LogP contribution in [0.2, 0.25) is 0 Å². The molecule has 0 heterocycles. The van der Waals surface area contributed by atoms with Gasteiger partial charge in [0.2, 0.25) is 0 Å². The molecule has 0 bridgehead atoms. The molecule has 0 radical (unpaired) electrons. The molecule has 1 aromatic rings. The molecule has 0 unspecified atom stereocenters. The summed E-state index contributed by atoms with van der Waals surface area (Å²) in [7, 11) is 0. The van der Waals surface area contributed by atoms with Crippen molar-refractivity contribution in [3.8, 4) is 5.75 Å². The number of hydrogen-bond acceptors (Lipinski definition) is 2. The number of halogens is 1. The van der Waals surface area contributed by atoms with Gasteiger partial charge in [-0.15, -0.1) is 0 Å². The first-order chi connectivity index (χ1) is 6.79. The van der Waals surface area contributed by atoms with E-state index in [-0.39, 0.29) is 18.1 Å². The van der Waals surface area contributed by atoms with Crippen molar-refractivity contribution < 1.29 is 9.13 Å². The second-order valence-electron chi connectivity index (χ2n) is 2.81. The van der Waals surface area contributed by atoms with E-state index in [4.69, 9.17) is 10.5 Å². The van der Waals surface area contributed by atoms with Crippen LogP contribution in [-0.4, -0.2) is 6.61 Å². The highest BCUT2D eigenvalue weighted by atomic mass is 19.1. The molecular weight excluding hydrogens is 181 g/mol. The molecule has 0 fully saturated rings. The summed E-state index contributed by atoms with van der Waals surface area (Å²) in [4.78, 5) is 0. The predicted octanol–water partition coefficient (Wildman–Crippen LogP) is 2.24. The van der Waals surface area contributed by atoms with Crippen LogP contribution in [0, 0.1) is 5.82 Å². The van der Waals surface area contributed by atoms with Crippen molar-refractivity contribution in [2.75, 3.05) is 6.61 Å². The van der Waals surface area contributed by atoms with Gasteiger partial charge >= 0.3 is 0 Å². The first-order valence-electron chi connectivity index (χ1n) is 4.51. The van der Waals surface area contributed by atoms with Crippen LogP contribution in [-0.2, 0) is 6.54 Å². The number of hydrogen-bond donors (Lipinski definition) is 1. The normalized spacial score (nSPS) is 10.8. The van der Waals surface area contributed by atoms with E-state index in [0.29, 0.717) is 12.2 Å². The monoisotopic (exact) mass is 195 g/mol. The van der Waals surface area contributed by atoms with Gasteiger partial charge in [0.1, 0.15) is 6.61 Å². The third-order valence-electron chi connectivity index (χ3n) is 1.83. The van der Waals surface area contributed by atoms with Crippen LogP contribution in [0.3, 0.4) is 0 Å². The zero-order valence-corrected chi connectivity index (χ0v) is 8.16. The Morgan fingerprint density at radius 3 is 2.93 bits per heavy atom. The Labute approximate surface area is 83.2 Å². The molecule has 0 aliphatic rings. The smallest absolute Gasteiger partial charge is 0.169 e. The minimum atomic E-state index is -0.362. The van der Waals surface area contributed by atoms with Gasteiger partial charge in [-0.3, -0.25) is 0 Å². The van der Waals surface area contributed by atoms with Gasteiger partial charge in [-0.05, 0) is 13.0 Å². The van der Waals surface area contributed by atoms with Crippen molar-refractivity contribution in [1.29, 1.82) is 0 Å². The maximum atomic E-state index is 13.5. The summed E-state index contributed by atoms with van der Waals surface area (Å²) < 4.78 is 18.7. The van der Waals surface area contributed by atoms with Crippen LogP contribution in [0.15, 0.2) is 30.4 Å². The van der Waals surface area contributed by atoms with Gasteiger partial charge in [0, 0.05) is 12.1 Å². The molecule has 2 nitrogen and oxygen atoms in total. The average Bonchev–Trinajstić information content (AvgIpc) is 2.21. The van der Waals surface area contributed by atoms with Gasteiger partial charge < -0.3 is 10.5 Å². The quantitative estimate of drug-likeness (QED) is 0.748. The first-order valence-corrected chi connectivity index (χ1v) is 4.51. The van der Waals surface area contributed by atoms with Crippen LogP contribution in [0.1, 0.15) is 12.5 Å². The summed E-state index contributed by atoms with van der Waals surface area (Å²) in [6.45, 7) is 2.45. The maximum absolute atomic E-state index is 13.5. The molecule has 1 rings (SSSR count). The van der Waals surface area contributed by atoms with Crippen LogP contribution >= 0.6 is 0 Å². The largest absolute Gasteiger partial charge is 0.486 e. The van der Waals surface area contributed by atoms with Gasteiger partial charge in [-0.25, -0.2) is 4.39 Å². The number of rotatable bonds is 4. The fourth-order valence-corrected chi connectivity index (χ4v) is 1.06.